The minimum absolute atomic E-state index is 0. The van der Waals surface area contributed by atoms with Crippen molar-refractivity contribution >= 4 is 23.1 Å². The zero-order chi connectivity index (χ0) is 9.80. The first-order valence-electron chi connectivity index (χ1n) is 4.63. The average Bonchev–Trinajstić information content (AvgIpc) is 2.30. The van der Waals surface area contributed by atoms with Crippen molar-refractivity contribution in [2.75, 3.05) is 0 Å². The molecule has 2 aromatic carbocycles. The molecule has 0 atom stereocenters. The molecular weight excluding hydrogens is 208 g/mol. The zero-order valence-corrected chi connectivity index (χ0v) is 10.9. The molecule has 1 nitrogen and oxygen atoms in total. The minimum atomic E-state index is -0.766. The quantitative estimate of drug-likeness (QED) is 0.564. The van der Waals surface area contributed by atoms with Crippen LogP contribution in [-0.4, -0.2) is 23.1 Å². The Morgan fingerprint density at radius 1 is 0.688 bits per heavy atom. The Balaban J connectivity index is 0.00000112. The molecule has 78 valence electrons. The van der Waals surface area contributed by atoms with Gasteiger partial charge in [-0.2, -0.15) is 0 Å². The van der Waals surface area contributed by atoms with Crippen LogP contribution in [0.4, 0.5) is 0 Å². The van der Waals surface area contributed by atoms with Crippen molar-refractivity contribution in [1.82, 2.24) is 0 Å². The molecule has 0 saturated carbocycles. The van der Waals surface area contributed by atoms with Gasteiger partial charge >= 0.3 is 23.1 Å². The minimum Gasteiger partial charge on any atom is -0.845 e. The molecular formula is C14H14MgO. The summed E-state index contributed by atoms with van der Waals surface area (Å²) in [6, 6.07) is 18.9. The zero-order valence-electron chi connectivity index (χ0n) is 9.47. The third-order valence-electron chi connectivity index (χ3n) is 2.20. The third kappa shape index (κ3) is 3.63. The maximum atomic E-state index is 11.9. The molecule has 0 radical (unpaired) electrons. The van der Waals surface area contributed by atoms with Crippen LogP contribution in [0.2, 0.25) is 0 Å². The maximum absolute atomic E-state index is 11.9. The Kier molecular flexibility index (Phi) is 7.05. The van der Waals surface area contributed by atoms with E-state index in [9.17, 15) is 5.11 Å². The Labute approximate surface area is 113 Å². The number of hydrogen-bond donors (Lipinski definition) is 0. The van der Waals surface area contributed by atoms with Crippen molar-refractivity contribution in [3.8, 4) is 0 Å². The van der Waals surface area contributed by atoms with Gasteiger partial charge < -0.3 is 12.5 Å². The van der Waals surface area contributed by atoms with Crippen LogP contribution in [-0.2, 0) is 0 Å². The molecule has 0 fully saturated rings. The average molecular weight is 223 g/mol. The SMILES string of the molecule is [CH3-].[Mg+2].[O-]C(c1ccccc1)c1ccccc1. The van der Waals surface area contributed by atoms with Crippen LogP contribution in [0.1, 0.15) is 17.2 Å². The van der Waals surface area contributed by atoms with Crippen molar-refractivity contribution in [1.29, 1.82) is 0 Å². The summed E-state index contributed by atoms with van der Waals surface area (Å²) in [6.07, 6.45) is -0.766. The van der Waals surface area contributed by atoms with Gasteiger partial charge in [0.2, 0.25) is 0 Å². The fourth-order valence-electron chi connectivity index (χ4n) is 1.45. The first-order valence-corrected chi connectivity index (χ1v) is 4.63. The molecule has 2 aromatic rings. The van der Waals surface area contributed by atoms with E-state index in [1.807, 2.05) is 60.7 Å². The Morgan fingerprint density at radius 2 is 1.00 bits per heavy atom. The topological polar surface area (TPSA) is 23.1 Å². The summed E-state index contributed by atoms with van der Waals surface area (Å²) in [6.45, 7) is 0. The van der Waals surface area contributed by atoms with Crippen molar-refractivity contribution in [2.24, 2.45) is 0 Å². The van der Waals surface area contributed by atoms with E-state index in [0.717, 1.165) is 11.1 Å². The van der Waals surface area contributed by atoms with E-state index in [2.05, 4.69) is 0 Å². The summed E-state index contributed by atoms with van der Waals surface area (Å²) in [7, 11) is 0. The first kappa shape index (κ1) is 15.2. The van der Waals surface area contributed by atoms with Crippen molar-refractivity contribution in [3.05, 3.63) is 79.2 Å². The molecule has 0 aliphatic heterocycles. The Bertz CT molecular complexity index is 346. The van der Waals surface area contributed by atoms with Crippen LogP contribution >= 0.6 is 0 Å². The standard InChI is InChI=1S/C13H11O.CH3.Mg/c14-13(11-7-3-1-4-8-11)12-9-5-2-6-10-12;;/h1-10,13H;1H3;/q2*-1;+2. The second-order valence-electron chi connectivity index (χ2n) is 3.20. The molecule has 0 heterocycles. The van der Waals surface area contributed by atoms with Gasteiger partial charge in [0.25, 0.3) is 0 Å². The maximum Gasteiger partial charge on any atom is 2.00 e. The third-order valence-corrected chi connectivity index (χ3v) is 2.20. The van der Waals surface area contributed by atoms with Gasteiger partial charge in [0.05, 0.1) is 0 Å². The van der Waals surface area contributed by atoms with Crippen molar-refractivity contribution in [3.63, 3.8) is 0 Å². The molecule has 0 spiro atoms. The smallest absolute Gasteiger partial charge is 0.845 e. The molecule has 2 rings (SSSR count). The van der Waals surface area contributed by atoms with Crippen LogP contribution < -0.4 is 5.11 Å². The molecule has 0 saturated heterocycles. The van der Waals surface area contributed by atoms with Crippen LogP contribution in [0.3, 0.4) is 0 Å². The molecule has 0 aliphatic rings. The van der Waals surface area contributed by atoms with E-state index in [4.69, 9.17) is 0 Å². The van der Waals surface area contributed by atoms with Gasteiger partial charge in [0, 0.05) is 0 Å². The summed E-state index contributed by atoms with van der Waals surface area (Å²) < 4.78 is 0. The predicted molar refractivity (Wildman–Crippen MR) is 66.9 cm³/mol. The van der Waals surface area contributed by atoms with Gasteiger partial charge in [-0.05, 0) is 0 Å². The summed E-state index contributed by atoms with van der Waals surface area (Å²) in [5.74, 6) is 0. The first-order chi connectivity index (χ1) is 6.88. The number of rotatable bonds is 2. The predicted octanol–water partition coefficient (Wildman–Crippen LogP) is 2.21. The van der Waals surface area contributed by atoms with E-state index in [-0.39, 0.29) is 30.5 Å². The summed E-state index contributed by atoms with van der Waals surface area (Å²) >= 11 is 0. The Morgan fingerprint density at radius 3 is 1.31 bits per heavy atom. The van der Waals surface area contributed by atoms with Crippen LogP contribution in [0, 0.1) is 7.43 Å². The molecule has 0 aromatic heterocycles. The fourth-order valence-corrected chi connectivity index (χ4v) is 1.45. The molecule has 0 bridgehead atoms. The van der Waals surface area contributed by atoms with Crippen molar-refractivity contribution in [2.45, 2.75) is 6.10 Å². The molecule has 0 unspecified atom stereocenters. The second-order valence-corrected chi connectivity index (χ2v) is 3.20. The summed E-state index contributed by atoms with van der Waals surface area (Å²) in [5, 5.41) is 11.9. The van der Waals surface area contributed by atoms with Crippen LogP contribution in [0.5, 0.6) is 0 Å². The number of hydrogen-bond acceptors (Lipinski definition) is 1. The van der Waals surface area contributed by atoms with Crippen LogP contribution in [0.25, 0.3) is 0 Å². The summed E-state index contributed by atoms with van der Waals surface area (Å²) in [4.78, 5) is 0. The number of benzene rings is 2. The molecule has 0 aliphatic carbocycles. The summed E-state index contributed by atoms with van der Waals surface area (Å²) in [5.41, 5.74) is 1.64. The van der Waals surface area contributed by atoms with Gasteiger partial charge in [-0.15, -0.1) is 0 Å². The van der Waals surface area contributed by atoms with Crippen molar-refractivity contribution < 1.29 is 5.11 Å². The van der Waals surface area contributed by atoms with Gasteiger partial charge in [-0.3, -0.25) is 0 Å². The van der Waals surface area contributed by atoms with Gasteiger partial charge in [0.1, 0.15) is 0 Å². The van der Waals surface area contributed by atoms with E-state index >= 15 is 0 Å². The molecule has 2 heteroatoms. The van der Waals surface area contributed by atoms with Gasteiger partial charge in [0.15, 0.2) is 0 Å². The second kappa shape index (κ2) is 7.44. The molecule has 0 amide bonds. The van der Waals surface area contributed by atoms with Crippen LogP contribution in [0.15, 0.2) is 60.7 Å². The van der Waals surface area contributed by atoms with E-state index in [1.165, 1.54) is 0 Å². The van der Waals surface area contributed by atoms with Gasteiger partial charge in [-0.1, -0.05) is 77.9 Å². The largest absolute Gasteiger partial charge is 2.00 e. The monoisotopic (exact) mass is 222 g/mol. The van der Waals surface area contributed by atoms with E-state index < -0.39 is 6.10 Å². The fraction of sp³-hybridized carbons (Fsp3) is 0.0714. The Hall–Kier alpha value is -0.834. The molecule has 0 N–H and O–H groups in total. The van der Waals surface area contributed by atoms with E-state index in [0.29, 0.717) is 0 Å². The molecule has 16 heavy (non-hydrogen) atoms. The normalized spacial score (nSPS) is 9.12. The van der Waals surface area contributed by atoms with E-state index in [1.54, 1.807) is 0 Å². The van der Waals surface area contributed by atoms with Gasteiger partial charge in [-0.25, -0.2) is 0 Å².